The van der Waals surface area contributed by atoms with Crippen LogP contribution in [0.4, 0.5) is 10.7 Å². The van der Waals surface area contributed by atoms with Gasteiger partial charge in [-0.2, -0.15) is 0 Å². The van der Waals surface area contributed by atoms with Crippen LogP contribution in [-0.4, -0.2) is 22.3 Å². The number of ether oxygens (including phenoxy) is 1. The lowest BCUT2D eigenvalue weighted by atomic mass is 10.3. The third kappa shape index (κ3) is 1.52. The summed E-state index contributed by atoms with van der Waals surface area (Å²) in [5.74, 6) is 0.148. The van der Waals surface area contributed by atoms with Crippen LogP contribution >= 0.6 is 0 Å². The third-order valence-electron chi connectivity index (χ3n) is 2.04. The molecule has 1 aromatic carbocycles. The van der Waals surface area contributed by atoms with Gasteiger partial charge in [0, 0.05) is 0 Å². The number of nitrogens with zero attached hydrogens (tertiary/aromatic N) is 2. The van der Waals surface area contributed by atoms with Gasteiger partial charge in [0.25, 0.3) is 0 Å². The minimum absolute atomic E-state index is 0.148. The third-order valence-corrected chi connectivity index (χ3v) is 2.04. The number of aromatic nitrogens is 2. The normalized spacial score (nSPS) is 10.5. The van der Waals surface area contributed by atoms with Crippen LogP contribution in [0, 0.1) is 0 Å². The highest BCUT2D eigenvalue weighted by Gasteiger charge is 2.14. The summed E-state index contributed by atoms with van der Waals surface area (Å²) in [5.41, 5.74) is 6.98. The highest BCUT2D eigenvalue weighted by Crippen LogP contribution is 2.17. The molecule has 1 heterocycles. The van der Waals surface area contributed by atoms with Crippen LogP contribution in [0.2, 0.25) is 0 Å². The molecule has 0 spiro atoms. The Bertz CT molecular complexity index is 504. The largest absolute Gasteiger partial charge is 0.449 e. The molecule has 2 rings (SSSR count). The Kier molecular flexibility index (Phi) is 2.29. The van der Waals surface area contributed by atoms with Crippen LogP contribution in [-0.2, 0) is 4.74 Å². The minimum Gasteiger partial charge on any atom is -0.449 e. The first kappa shape index (κ1) is 9.51. The summed E-state index contributed by atoms with van der Waals surface area (Å²) >= 11 is 0. The summed E-state index contributed by atoms with van der Waals surface area (Å²) in [4.78, 5) is 15.6. The fourth-order valence-corrected chi connectivity index (χ4v) is 1.42. The van der Waals surface area contributed by atoms with E-state index in [1.54, 1.807) is 19.1 Å². The molecule has 0 aliphatic rings. The maximum absolute atomic E-state index is 11.6. The van der Waals surface area contributed by atoms with E-state index >= 15 is 0 Å². The number of hydrogen-bond donors (Lipinski definition) is 1. The van der Waals surface area contributed by atoms with Crippen molar-refractivity contribution in [3.05, 3.63) is 24.3 Å². The quantitative estimate of drug-likeness (QED) is 0.768. The van der Waals surface area contributed by atoms with E-state index in [0.717, 1.165) is 0 Å². The molecule has 5 heteroatoms. The number of anilines is 1. The molecule has 0 atom stereocenters. The van der Waals surface area contributed by atoms with Gasteiger partial charge >= 0.3 is 6.09 Å². The first-order valence-corrected chi connectivity index (χ1v) is 4.64. The summed E-state index contributed by atoms with van der Waals surface area (Å²) in [7, 11) is 0. The smallest absolute Gasteiger partial charge is 0.421 e. The Morgan fingerprint density at radius 1 is 1.53 bits per heavy atom. The molecular weight excluding hydrogens is 194 g/mol. The maximum Gasteiger partial charge on any atom is 0.421 e. The van der Waals surface area contributed by atoms with E-state index in [0.29, 0.717) is 17.6 Å². The predicted molar refractivity (Wildman–Crippen MR) is 56.6 cm³/mol. The summed E-state index contributed by atoms with van der Waals surface area (Å²) in [6, 6.07) is 7.22. The van der Waals surface area contributed by atoms with Crippen LogP contribution in [0.1, 0.15) is 6.92 Å². The number of carbonyl (C=O) groups is 1. The lowest BCUT2D eigenvalue weighted by molar-refractivity contribution is 0.155. The molecule has 0 aliphatic carbocycles. The average Bonchev–Trinajstić information content (AvgIpc) is 2.54. The van der Waals surface area contributed by atoms with Gasteiger partial charge in [0.1, 0.15) is 0 Å². The molecule has 15 heavy (non-hydrogen) atoms. The number of hydrogen-bond acceptors (Lipinski definition) is 4. The van der Waals surface area contributed by atoms with Gasteiger partial charge in [0.15, 0.2) is 0 Å². The average molecular weight is 205 g/mol. The van der Waals surface area contributed by atoms with Crippen LogP contribution in [0.25, 0.3) is 11.0 Å². The molecule has 0 unspecified atom stereocenters. The predicted octanol–water partition coefficient (Wildman–Crippen LogP) is 1.62. The van der Waals surface area contributed by atoms with Crippen molar-refractivity contribution in [1.82, 2.24) is 9.55 Å². The van der Waals surface area contributed by atoms with Gasteiger partial charge in [-0.05, 0) is 19.1 Å². The van der Waals surface area contributed by atoms with E-state index < -0.39 is 6.09 Å². The number of para-hydroxylation sites is 2. The molecule has 0 radical (unpaired) electrons. The van der Waals surface area contributed by atoms with E-state index in [-0.39, 0.29) is 5.95 Å². The second-order valence-corrected chi connectivity index (χ2v) is 2.99. The van der Waals surface area contributed by atoms with Crippen molar-refractivity contribution in [2.45, 2.75) is 6.92 Å². The first-order valence-electron chi connectivity index (χ1n) is 4.64. The monoisotopic (exact) mass is 205 g/mol. The fourth-order valence-electron chi connectivity index (χ4n) is 1.42. The van der Waals surface area contributed by atoms with Crippen LogP contribution < -0.4 is 5.73 Å². The Labute approximate surface area is 86.5 Å². The van der Waals surface area contributed by atoms with Gasteiger partial charge in [-0.15, -0.1) is 0 Å². The number of nitrogen functional groups attached to an aromatic ring is 1. The van der Waals surface area contributed by atoms with Crippen molar-refractivity contribution in [1.29, 1.82) is 0 Å². The summed E-state index contributed by atoms with van der Waals surface area (Å²) < 4.78 is 6.14. The molecule has 5 nitrogen and oxygen atoms in total. The molecule has 0 fully saturated rings. The molecule has 2 N–H and O–H groups in total. The van der Waals surface area contributed by atoms with Crippen molar-refractivity contribution in [2.24, 2.45) is 0 Å². The number of fused-ring (bicyclic) bond motifs is 1. The summed E-state index contributed by atoms with van der Waals surface area (Å²) in [6.45, 7) is 2.05. The van der Waals surface area contributed by atoms with E-state index in [1.807, 2.05) is 12.1 Å². The van der Waals surface area contributed by atoms with Gasteiger partial charge in [-0.1, -0.05) is 12.1 Å². The molecule has 0 saturated heterocycles. The number of rotatable bonds is 1. The Morgan fingerprint density at radius 2 is 2.27 bits per heavy atom. The Hall–Kier alpha value is -2.04. The molecule has 2 aromatic rings. The maximum atomic E-state index is 11.6. The molecule has 0 saturated carbocycles. The molecular formula is C10H11N3O2. The van der Waals surface area contributed by atoms with E-state index in [4.69, 9.17) is 10.5 Å². The molecule has 1 aromatic heterocycles. The second kappa shape index (κ2) is 3.61. The van der Waals surface area contributed by atoms with E-state index in [9.17, 15) is 4.79 Å². The standard InChI is InChI=1S/C10H11N3O2/c1-2-15-10(14)13-8-6-4-3-5-7(8)12-9(13)11/h3-6H,2H2,1H3,(H2,11,12). The van der Waals surface area contributed by atoms with E-state index in [2.05, 4.69) is 4.98 Å². The summed E-state index contributed by atoms with van der Waals surface area (Å²) in [5, 5.41) is 0. The van der Waals surface area contributed by atoms with Crippen LogP contribution in [0.3, 0.4) is 0 Å². The Morgan fingerprint density at radius 3 is 3.00 bits per heavy atom. The van der Waals surface area contributed by atoms with Crippen molar-refractivity contribution in [2.75, 3.05) is 12.3 Å². The number of benzene rings is 1. The minimum atomic E-state index is -0.497. The zero-order valence-electron chi connectivity index (χ0n) is 8.30. The SMILES string of the molecule is CCOC(=O)n1c(N)nc2ccccc21. The fraction of sp³-hybridized carbons (Fsp3) is 0.200. The molecule has 0 bridgehead atoms. The van der Waals surface area contributed by atoms with Gasteiger partial charge in [-0.3, -0.25) is 0 Å². The van der Waals surface area contributed by atoms with Gasteiger partial charge in [-0.25, -0.2) is 14.3 Å². The zero-order valence-corrected chi connectivity index (χ0v) is 8.30. The van der Waals surface area contributed by atoms with Crippen molar-refractivity contribution in [3.8, 4) is 0 Å². The lowest BCUT2D eigenvalue weighted by Gasteiger charge is -2.03. The van der Waals surface area contributed by atoms with Gasteiger partial charge < -0.3 is 10.5 Å². The Balaban J connectivity index is 2.58. The van der Waals surface area contributed by atoms with Crippen molar-refractivity contribution < 1.29 is 9.53 Å². The van der Waals surface area contributed by atoms with Crippen molar-refractivity contribution >= 4 is 23.1 Å². The molecule has 0 aliphatic heterocycles. The van der Waals surface area contributed by atoms with Crippen LogP contribution in [0.15, 0.2) is 24.3 Å². The zero-order chi connectivity index (χ0) is 10.8. The highest BCUT2D eigenvalue weighted by molar-refractivity contribution is 5.90. The topological polar surface area (TPSA) is 70.1 Å². The molecule has 0 amide bonds. The van der Waals surface area contributed by atoms with Crippen molar-refractivity contribution in [3.63, 3.8) is 0 Å². The van der Waals surface area contributed by atoms with Gasteiger partial charge in [0.05, 0.1) is 17.6 Å². The van der Waals surface area contributed by atoms with Crippen LogP contribution in [0.5, 0.6) is 0 Å². The van der Waals surface area contributed by atoms with E-state index in [1.165, 1.54) is 4.57 Å². The molecule has 78 valence electrons. The second-order valence-electron chi connectivity index (χ2n) is 2.99. The number of nitrogens with two attached hydrogens (primary N) is 1. The first-order chi connectivity index (χ1) is 7.24. The summed E-state index contributed by atoms with van der Waals surface area (Å²) in [6.07, 6.45) is -0.497. The lowest BCUT2D eigenvalue weighted by Crippen LogP contribution is -2.15. The number of imidazole rings is 1. The number of carbonyl (C=O) groups excluding carboxylic acids is 1. The van der Waals surface area contributed by atoms with Gasteiger partial charge in [0.2, 0.25) is 5.95 Å². The highest BCUT2D eigenvalue weighted by atomic mass is 16.5.